The van der Waals surface area contributed by atoms with Gasteiger partial charge in [0.25, 0.3) is 20.3 Å². The summed E-state index contributed by atoms with van der Waals surface area (Å²) in [6.07, 6.45) is 0.0573. The standard InChI is InChI=1S/C14H14NO6P/c16-13-11-3-1-2-4-12(11)14(17)15(13)22(20-7-9-5-18-9)21-8-10-6-19-10/h1-4,9-10H,5-8H2. The summed E-state index contributed by atoms with van der Waals surface area (Å²) in [6, 6.07) is 6.73. The summed E-state index contributed by atoms with van der Waals surface area (Å²) in [5, 5.41) is 0. The van der Waals surface area contributed by atoms with Gasteiger partial charge in [-0.05, 0) is 12.1 Å². The maximum atomic E-state index is 12.5. The van der Waals surface area contributed by atoms with Crippen LogP contribution >= 0.6 is 8.53 Å². The average molecular weight is 323 g/mol. The lowest BCUT2D eigenvalue weighted by atomic mass is 10.1. The molecule has 2 atom stereocenters. The molecule has 2 unspecified atom stereocenters. The lowest BCUT2D eigenvalue weighted by Gasteiger charge is -2.23. The van der Waals surface area contributed by atoms with Crippen LogP contribution in [0.4, 0.5) is 0 Å². The van der Waals surface area contributed by atoms with Gasteiger partial charge in [-0.2, -0.15) is 0 Å². The van der Waals surface area contributed by atoms with Crippen molar-refractivity contribution in [2.24, 2.45) is 0 Å². The summed E-state index contributed by atoms with van der Waals surface area (Å²) in [7, 11) is -1.80. The van der Waals surface area contributed by atoms with E-state index in [1.54, 1.807) is 24.3 Å². The molecule has 116 valence electrons. The zero-order valence-corrected chi connectivity index (χ0v) is 12.5. The number of hydrogen-bond acceptors (Lipinski definition) is 6. The number of nitrogens with zero attached hydrogens (tertiary/aromatic N) is 1. The maximum absolute atomic E-state index is 12.5. The third kappa shape index (κ3) is 2.78. The molecule has 1 aromatic carbocycles. The normalized spacial score (nSPS) is 27.0. The molecule has 0 N–H and O–H groups in total. The van der Waals surface area contributed by atoms with Gasteiger partial charge in [0, 0.05) is 0 Å². The highest BCUT2D eigenvalue weighted by molar-refractivity contribution is 7.46. The van der Waals surface area contributed by atoms with Crippen molar-refractivity contribution in [2.45, 2.75) is 12.2 Å². The van der Waals surface area contributed by atoms with Crippen molar-refractivity contribution in [3.8, 4) is 0 Å². The fourth-order valence-corrected chi connectivity index (χ4v) is 3.51. The Kier molecular flexibility index (Phi) is 3.68. The van der Waals surface area contributed by atoms with E-state index >= 15 is 0 Å². The van der Waals surface area contributed by atoms with Crippen molar-refractivity contribution < 1.29 is 28.1 Å². The van der Waals surface area contributed by atoms with Gasteiger partial charge in [-0.3, -0.25) is 9.59 Å². The Hall–Kier alpha value is -1.37. The molecule has 0 bridgehead atoms. The zero-order valence-electron chi connectivity index (χ0n) is 11.6. The fourth-order valence-electron chi connectivity index (χ4n) is 2.10. The van der Waals surface area contributed by atoms with Gasteiger partial charge in [0.1, 0.15) is 12.2 Å². The number of fused-ring (bicyclic) bond motifs is 1. The summed E-state index contributed by atoms with van der Waals surface area (Å²) in [4.78, 5) is 24.9. The van der Waals surface area contributed by atoms with E-state index in [-0.39, 0.29) is 24.0 Å². The Morgan fingerprint density at radius 1 is 1.00 bits per heavy atom. The van der Waals surface area contributed by atoms with E-state index in [1.807, 2.05) is 0 Å². The van der Waals surface area contributed by atoms with Crippen LogP contribution in [0, 0.1) is 0 Å². The van der Waals surface area contributed by atoms with Crippen LogP contribution in [-0.4, -0.2) is 55.1 Å². The van der Waals surface area contributed by atoms with Gasteiger partial charge < -0.3 is 18.5 Å². The number of imide groups is 1. The molecule has 3 heterocycles. The Labute approximate surface area is 128 Å². The minimum atomic E-state index is -1.80. The zero-order chi connectivity index (χ0) is 15.1. The van der Waals surface area contributed by atoms with Gasteiger partial charge in [0.15, 0.2) is 0 Å². The Bertz CT molecular complexity index is 564. The molecule has 2 fully saturated rings. The molecular weight excluding hydrogens is 309 g/mol. The van der Waals surface area contributed by atoms with E-state index in [0.717, 1.165) is 4.67 Å². The Morgan fingerprint density at radius 2 is 1.45 bits per heavy atom. The van der Waals surface area contributed by atoms with Gasteiger partial charge in [-0.25, -0.2) is 4.67 Å². The second-order valence-electron chi connectivity index (χ2n) is 5.21. The van der Waals surface area contributed by atoms with Crippen molar-refractivity contribution in [2.75, 3.05) is 26.4 Å². The summed E-state index contributed by atoms with van der Waals surface area (Å²) in [5.41, 5.74) is 0.773. The molecule has 3 aliphatic heterocycles. The van der Waals surface area contributed by atoms with Crippen LogP contribution in [0.3, 0.4) is 0 Å². The molecule has 8 heteroatoms. The first kappa shape index (κ1) is 14.2. The van der Waals surface area contributed by atoms with E-state index in [9.17, 15) is 9.59 Å². The lowest BCUT2D eigenvalue weighted by Crippen LogP contribution is -2.27. The molecule has 1 aromatic rings. The number of rotatable bonds is 7. The summed E-state index contributed by atoms with van der Waals surface area (Å²) < 4.78 is 22.6. The molecule has 3 aliphatic rings. The summed E-state index contributed by atoms with van der Waals surface area (Å²) >= 11 is 0. The van der Waals surface area contributed by atoms with Gasteiger partial charge in [0.2, 0.25) is 0 Å². The molecule has 4 rings (SSSR count). The number of amides is 2. The van der Waals surface area contributed by atoms with Gasteiger partial charge >= 0.3 is 0 Å². The van der Waals surface area contributed by atoms with Gasteiger partial charge in [-0.1, -0.05) is 12.1 Å². The predicted molar refractivity (Wildman–Crippen MR) is 75.2 cm³/mol. The largest absolute Gasteiger partial charge is 0.371 e. The average Bonchev–Trinajstić information content (AvgIpc) is 3.43. The second kappa shape index (κ2) is 5.68. The van der Waals surface area contributed by atoms with Crippen LogP contribution in [0.5, 0.6) is 0 Å². The Balaban J connectivity index is 1.52. The molecule has 0 aliphatic carbocycles. The van der Waals surface area contributed by atoms with Crippen LogP contribution in [0.2, 0.25) is 0 Å². The van der Waals surface area contributed by atoms with E-state index in [2.05, 4.69) is 0 Å². The number of ether oxygens (including phenoxy) is 2. The molecule has 0 radical (unpaired) electrons. The van der Waals surface area contributed by atoms with E-state index in [4.69, 9.17) is 18.5 Å². The van der Waals surface area contributed by atoms with Crippen molar-refractivity contribution in [3.05, 3.63) is 35.4 Å². The number of carbonyl (C=O) groups excluding carboxylic acids is 2. The summed E-state index contributed by atoms with van der Waals surface area (Å²) in [5.74, 6) is -0.750. The first-order valence-electron chi connectivity index (χ1n) is 7.01. The first-order valence-corrected chi connectivity index (χ1v) is 8.14. The van der Waals surface area contributed by atoms with Crippen LogP contribution < -0.4 is 0 Å². The van der Waals surface area contributed by atoms with Gasteiger partial charge in [-0.15, -0.1) is 0 Å². The monoisotopic (exact) mass is 323 g/mol. The van der Waals surface area contributed by atoms with Crippen molar-refractivity contribution in [3.63, 3.8) is 0 Å². The number of benzene rings is 1. The third-order valence-electron chi connectivity index (χ3n) is 3.48. The van der Waals surface area contributed by atoms with Crippen molar-refractivity contribution in [1.82, 2.24) is 4.67 Å². The third-order valence-corrected chi connectivity index (χ3v) is 4.91. The molecule has 0 saturated carbocycles. The van der Waals surface area contributed by atoms with Crippen LogP contribution in [0.15, 0.2) is 24.3 Å². The minimum Gasteiger partial charge on any atom is -0.371 e. The lowest BCUT2D eigenvalue weighted by molar-refractivity contribution is 0.0717. The molecular formula is C14H14NO6P. The fraction of sp³-hybridized carbons (Fsp3) is 0.429. The second-order valence-corrected chi connectivity index (χ2v) is 6.60. The number of hydrogen-bond donors (Lipinski definition) is 0. The minimum absolute atomic E-state index is 0.0287. The highest BCUT2D eigenvalue weighted by atomic mass is 31.2. The number of epoxide rings is 2. The van der Waals surface area contributed by atoms with Gasteiger partial charge in [0.05, 0.1) is 37.6 Å². The summed E-state index contributed by atoms with van der Waals surface area (Å²) in [6.45, 7) is 1.89. The highest BCUT2D eigenvalue weighted by Crippen LogP contribution is 2.48. The smallest absolute Gasteiger partial charge is 0.300 e. The molecule has 2 amide bonds. The number of carbonyl (C=O) groups is 2. The van der Waals surface area contributed by atoms with Crippen molar-refractivity contribution in [1.29, 1.82) is 0 Å². The highest BCUT2D eigenvalue weighted by Gasteiger charge is 2.43. The molecule has 0 spiro atoms. The molecule has 7 nitrogen and oxygen atoms in total. The quantitative estimate of drug-likeness (QED) is 0.428. The molecule has 0 aromatic heterocycles. The van der Waals surface area contributed by atoms with Crippen LogP contribution in [0.1, 0.15) is 20.7 Å². The van der Waals surface area contributed by atoms with Crippen LogP contribution in [-0.2, 0) is 18.5 Å². The Morgan fingerprint density at radius 3 is 1.86 bits per heavy atom. The molecule has 2 saturated heterocycles. The van der Waals surface area contributed by atoms with E-state index in [0.29, 0.717) is 37.6 Å². The first-order chi connectivity index (χ1) is 10.7. The topological polar surface area (TPSA) is 80.9 Å². The van der Waals surface area contributed by atoms with E-state index in [1.165, 1.54) is 0 Å². The maximum Gasteiger partial charge on any atom is 0.300 e. The SMILES string of the molecule is O=C1c2ccccc2C(=O)N1P(OCC1CO1)OCC1CO1. The molecule has 22 heavy (non-hydrogen) atoms. The van der Waals surface area contributed by atoms with E-state index < -0.39 is 8.53 Å². The van der Waals surface area contributed by atoms with Crippen molar-refractivity contribution >= 4 is 20.3 Å². The predicted octanol–water partition coefficient (Wildman–Crippen LogP) is 1.34. The van der Waals surface area contributed by atoms with Crippen LogP contribution in [0.25, 0.3) is 0 Å².